The summed E-state index contributed by atoms with van der Waals surface area (Å²) < 4.78 is 5.32. The summed E-state index contributed by atoms with van der Waals surface area (Å²) in [5.41, 5.74) is 2.89. The molecule has 21 heavy (non-hydrogen) atoms. The van der Waals surface area contributed by atoms with Gasteiger partial charge in [0.1, 0.15) is 0 Å². The molecule has 1 N–H and O–H groups in total. The Bertz CT molecular complexity index is 604. The molecule has 2 aromatic carbocycles. The third-order valence-electron chi connectivity index (χ3n) is 3.81. The summed E-state index contributed by atoms with van der Waals surface area (Å²) in [6.07, 6.45) is 1.03. The Morgan fingerprint density at radius 2 is 1.90 bits per heavy atom. The van der Waals surface area contributed by atoms with Gasteiger partial charge in [-0.25, -0.2) is 0 Å². The van der Waals surface area contributed by atoms with Crippen molar-refractivity contribution in [1.82, 2.24) is 5.32 Å². The van der Waals surface area contributed by atoms with Crippen molar-refractivity contribution in [2.75, 3.05) is 19.8 Å². The van der Waals surface area contributed by atoms with Crippen molar-refractivity contribution in [1.29, 1.82) is 0 Å². The molecule has 0 aliphatic carbocycles. The molecule has 0 unspecified atom stereocenters. The Kier molecular flexibility index (Phi) is 4.31. The van der Waals surface area contributed by atoms with Gasteiger partial charge in [-0.2, -0.15) is 0 Å². The van der Waals surface area contributed by atoms with Crippen LogP contribution in [-0.2, 0) is 4.74 Å². The Morgan fingerprint density at radius 1 is 1.10 bits per heavy atom. The maximum Gasteiger partial charge on any atom is 0.251 e. The average molecular weight is 281 g/mol. The number of nitrogens with one attached hydrogen (secondary N) is 1. The molecule has 3 nitrogen and oxygen atoms in total. The molecule has 0 saturated carbocycles. The molecule has 3 rings (SSSR count). The van der Waals surface area contributed by atoms with Gasteiger partial charge >= 0.3 is 0 Å². The maximum absolute atomic E-state index is 12.2. The highest BCUT2D eigenvalue weighted by molar-refractivity contribution is 5.95. The van der Waals surface area contributed by atoms with E-state index in [1.807, 2.05) is 54.6 Å². The number of ether oxygens (including phenoxy) is 1. The fourth-order valence-corrected chi connectivity index (χ4v) is 2.55. The van der Waals surface area contributed by atoms with Crippen molar-refractivity contribution in [2.24, 2.45) is 5.92 Å². The van der Waals surface area contributed by atoms with E-state index in [1.54, 1.807) is 0 Å². The first-order valence-electron chi connectivity index (χ1n) is 7.34. The molecule has 3 heteroatoms. The van der Waals surface area contributed by atoms with E-state index < -0.39 is 0 Å². The van der Waals surface area contributed by atoms with Crippen molar-refractivity contribution in [3.8, 4) is 11.1 Å². The van der Waals surface area contributed by atoms with Gasteiger partial charge in [0.05, 0.1) is 6.61 Å². The lowest BCUT2D eigenvalue weighted by atomic mass is 10.0. The lowest BCUT2D eigenvalue weighted by Gasteiger charge is -2.10. The second-order valence-electron chi connectivity index (χ2n) is 5.39. The van der Waals surface area contributed by atoms with E-state index in [9.17, 15) is 4.79 Å². The molecular formula is C18H19NO2. The van der Waals surface area contributed by atoms with Crippen LogP contribution in [0.1, 0.15) is 16.8 Å². The molecule has 1 atom stereocenters. The largest absolute Gasteiger partial charge is 0.381 e. The third kappa shape index (κ3) is 3.50. The molecular weight excluding hydrogens is 262 g/mol. The summed E-state index contributed by atoms with van der Waals surface area (Å²) in [7, 11) is 0. The minimum absolute atomic E-state index is 0.0142. The predicted molar refractivity (Wildman–Crippen MR) is 83.1 cm³/mol. The first kappa shape index (κ1) is 13.8. The van der Waals surface area contributed by atoms with Crippen molar-refractivity contribution < 1.29 is 9.53 Å². The van der Waals surface area contributed by atoms with E-state index in [0.717, 1.165) is 30.8 Å². The van der Waals surface area contributed by atoms with Gasteiger partial charge in [0.25, 0.3) is 5.91 Å². The van der Waals surface area contributed by atoms with Gasteiger partial charge in [0.2, 0.25) is 0 Å². The number of rotatable bonds is 4. The zero-order valence-corrected chi connectivity index (χ0v) is 11.9. The molecule has 0 bridgehead atoms. The van der Waals surface area contributed by atoms with E-state index in [4.69, 9.17) is 4.74 Å². The van der Waals surface area contributed by atoms with Crippen LogP contribution in [0.15, 0.2) is 54.6 Å². The molecule has 1 fully saturated rings. The van der Waals surface area contributed by atoms with Gasteiger partial charge in [-0.3, -0.25) is 4.79 Å². The lowest BCUT2D eigenvalue weighted by molar-refractivity contribution is 0.0945. The smallest absolute Gasteiger partial charge is 0.251 e. The van der Waals surface area contributed by atoms with E-state index in [-0.39, 0.29) is 5.91 Å². The van der Waals surface area contributed by atoms with Crippen molar-refractivity contribution in [2.45, 2.75) is 6.42 Å². The topological polar surface area (TPSA) is 38.3 Å². The Balaban J connectivity index is 1.69. The van der Waals surface area contributed by atoms with Gasteiger partial charge in [-0.1, -0.05) is 42.5 Å². The number of hydrogen-bond donors (Lipinski definition) is 1. The van der Waals surface area contributed by atoms with Crippen LogP contribution >= 0.6 is 0 Å². The Morgan fingerprint density at radius 3 is 2.67 bits per heavy atom. The SMILES string of the molecule is O=C(NC[C@H]1CCOC1)c1cccc(-c2ccccc2)c1. The second-order valence-corrected chi connectivity index (χ2v) is 5.39. The highest BCUT2D eigenvalue weighted by atomic mass is 16.5. The second kappa shape index (κ2) is 6.55. The van der Waals surface area contributed by atoms with Crippen LogP contribution < -0.4 is 5.32 Å². The normalized spacial score (nSPS) is 17.6. The zero-order valence-electron chi connectivity index (χ0n) is 11.9. The van der Waals surface area contributed by atoms with Gasteiger partial charge in [-0.15, -0.1) is 0 Å². The number of carbonyl (C=O) groups is 1. The first-order chi connectivity index (χ1) is 10.3. The Hall–Kier alpha value is -2.13. The fraction of sp³-hybridized carbons (Fsp3) is 0.278. The molecule has 108 valence electrons. The third-order valence-corrected chi connectivity index (χ3v) is 3.81. The number of hydrogen-bond acceptors (Lipinski definition) is 2. The number of amides is 1. The van der Waals surface area contributed by atoms with Gasteiger partial charge in [0, 0.05) is 24.6 Å². The highest BCUT2D eigenvalue weighted by Gasteiger charge is 2.16. The lowest BCUT2D eigenvalue weighted by Crippen LogP contribution is -2.29. The monoisotopic (exact) mass is 281 g/mol. The van der Waals surface area contributed by atoms with Gasteiger partial charge < -0.3 is 10.1 Å². The summed E-state index contributed by atoms with van der Waals surface area (Å²) in [6, 6.07) is 17.8. The summed E-state index contributed by atoms with van der Waals surface area (Å²) >= 11 is 0. The van der Waals surface area contributed by atoms with Crippen LogP contribution in [0.3, 0.4) is 0 Å². The standard InChI is InChI=1S/C18H19NO2/c20-18(19-12-14-9-10-21-13-14)17-8-4-7-16(11-17)15-5-2-1-3-6-15/h1-8,11,14H,9-10,12-13H2,(H,19,20)/t14-/m1/s1. The summed E-state index contributed by atoms with van der Waals surface area (Å²) in [5, 5.41) is 3.00. The zero-order chi connectivity index (χ0) is 14.5. The molecule has 0 radical (unpaired) electrons. The molecule has 1 amide bonds. The highest BCUT2D eigenvalue weighted by Crippen LogP contribution is 2.20. The molecule has 0 aromatic heterocycles. The molecule has 0 spiro atoms. The van der Waals surface area contributed by atoms with Crippen LogP contribution in [0.2, 0.25) is 0 Å². The molecule has 1 aliphatic heterocycles. The van der Waals surface area contributed by atoms with Crippen LogP contribution in [0, 0.1) is 5.92 Å². The van der Waals surface area contributed by atoms with Crippen molar-refractivity contribution in [3.05, 3.63) is 60.2 Å². The van der Waals surface area contributed by atoms with E-state index in [0.29, 0.717) is 18.0 Å². The van der Waals surface area contributed by atoms with Crippen molar-refractivity contribution >= 4 is 5.91 Å². The minimum Gasteiger partial charge on any atom is -0.381 e. The van der Waals surface area contributed by atoms with Crippen LogP contribution in [0.25, 0.3) is 11.1 Å². The van der Waals surface area contributed by atoms with E-state index in [1.165, 1.54) is 0 Å². The van der Waals surface area contributed by atoms with Gasteiger partial charge in [0.15, 0.2) is 0 Å². The first-order valence-corrected chi connectivity index (χ1v) is 7.34. The maximum atomic E-state index is 12.2. The average Bonchev–Trinajstić information content (AvgIpc) is 3.07. The summed E-state index contributed by atoms with van der Waals surface area (Å²) in [6.45, 7) is 2.25. The molecule has 1 heterocycles. The quantitative estimate of drug-likeness (QED) is 0.935. The van der Waals surface area contributed by atoms with Crippen LogP contribution in [0.4, 0.5) is 0 Å². The molecule has 1 saturated heterocycles. The van der Waals surface area contributed by atoms with Gasteiger partial charge in [-0.05, 0) is 29.7 Å². The van der Waals surface area contributed by atoms with Crippen LogP contribution in [0.5, 0.6) is 0 Å². The Labute approximate surface area is 124 Å². The van der Waals surface area contributed by atoms with Crippen LogP contribution in [-0.4, -0.2) is 25.7 Å². The number of carbonyl (C=O) groups excluding carboxylic acids is 1. The van der Waals surface area contributed by atoms with E-state index >= 15 is 0 Å². The summed E-state index contributed by atoms with van der Waals surface area (Å²) in [5.74, 6) is 0.436. The number of benzene rings is 2. The molecule has 1 aliphatic rings. The van der Waals surface area contributed by atoms with E-state index in [2.05, 4.69) is 5.32 Å². The van der Waals surface area contributed by atoms with Crippen molar-refractivity contribution in [3.63, 3.8) is 0 Å². The molecule has 2 aromatic rings. The summed E-state index contributed by atoms with van der Waals surface area (Å²) in [4.78, 5) is 12.2. The fourth-order valence-electron chi connectivity index (χ4n) is 2.55. The predicted octanol–water partition coefficient (Wildman–Crippen LogP) is 3.12. The minimum atomic E-state index is -0.0142.